The van der Waals surface area contributed by atoms with Crippen LogP contribution in [0, 0.1) is 5.82 Å². The Balaban J connectivity index is 2.81. The van der Waals surface area contributed by atoms with E-state index < -0.39 is 5.82 Å². The fourth-order valence-corrected chi connectivity index (χ4v) is 2.74. The molecule has 0 aliphatic heterocycles. The molecule has 0 aromatic heterocycles. The van der Waals surface area contributed by atoms with Crippen LogP contribution >= 0.6 is 11.8 Å². The van der Waals surface area contributed by atoms with Crippen LogP contribution in [0.5, 0.6) is 0 Å². The molecule has 0 saturated carbocycles. The minimum Gasteiger partial charge on any atom is -0.339 e. The molecule has 0 aliphatic carbocycles. The zero-order valence-corrected chi connectivity index (χ0v) is 14.3. The molecule has 0 fully saturated rings. The highest BCUT2D eigenvalue weighted by molar-refractivity contribution is 7.99. The zero-order chi connectivity index (χ0) is 16.7. The lowest BCUT2D eigenvalue weighted by atomic mass is 10.1. The van der Waals surface area contributed by atoms with Gasteiger partial charge in [0.15, 0.2) is 0 Å². The quantitative estimate of drug-likeness (QED) is 0.781. The Labute approximate surface area is 135 Å². The molecule has 0 radical (unpaired) electrons. The summed E-state index contributed by atoms with van der Waals surface area (Å²) in [6, 6.07) is 4.11. The maximum atomic E-state index is 13.6. The maximum Gasteiger partial charge on any atom is 0.253 e. The van der Waals surface area contributed by atoms with Crippen molar-refractivity contribution in [2.24, 2.45) is 0 Å². The van der Waals surface area contributed by atoms with E-state index in [4.69, 9.17) is 0 Å². The summed E-state index contributed by atoms with van der Waals surface area (Å²) in [6.07, 6.45) is 0.903. The number of anilines is 1. The fourth-order valence-electron chi connectivity index (χ4n) is 1.94. The van der Waals surface area contributed by atoms with Crippen LogP contribution in [0.1, 0.15) is 37.6 Å². The number of halogens is 1. The molecule has 0 bridgehead atoms. The van der Waals surface area contributed by atoms with E-state index in [-0.39, 0.29) is 23.5 Å². The number of hydrogen-bond donors (Lipinski definition) is 1. The third-order valence-corrected chi connectivity index (χ3v) is 4.32. The Morgan fingerprint density at radius 1 is 1.41 bits per heavy atom. The number of hydrogen-bond acceptors (Lipinski definition) is 3. The minimum absolute atomic E-state index is 0.0286. The van der Waals surface area contributed by atoms with Gasteiger partial charge in [-0.25, -0.2) is 4.39 Å². The van der Waals surface area contributed by atoms with Crippen LogP contribution in [0.3, 0.4) is 0 Å². The number of rotatable bonds is 7. The average molecular weight is 326 g/mol. The van der Waals surface area contributed by atoms with Crippen molar-refractivity contribution in [2.45, 2.75) is 33.2 Å². The van der Waals surface area contributed by atoms with E-state index in [2.05, 4.69) is 12.2 Å². The van der Waals surface area contributed by atoms with Crippen molar-refractivity contribution in [3.63, 3.8) is 0 Å². The van der Waals surface area contributed by atoms with Crippen molar-refractivity contribution >= 4 is 29.3 Å². The van der Waals surface area contributed by atoms with Crippen molar-refractivity contribution < 1.29 is 14.0 Å². The molecule has 1 rings (SSSR count). The van der Waals surface area contributed by atoms with Gasteiger partial charge in [-0.3, -0.25) is 9.59 Å². The number of thioether (sulfide) groups is 1. The first kappa shape index (κ1) is 18.5. The molecular weight excluding hydrogens is 303 g/mol. The molecule has 6 heteroatoms. The summed E-state index contributed by atoms with van der Waals surface area (Å²) in [7, 11) is 1.74. The van der Waals surface area contributed by atoms with Gasteiger partial charge in [0, 0.05) is 25.6 Å². The van der Waals surface area contributed by atoms with E-state index in [0.29, 0.717) is 5.56 Å². The number of nitrogens with zero attached hydrogens (tertiary/aromatic N) is 1. The van der Waals surface area contributed by atoms with Gasteiger partial charge in [-0.2, -0.15) is 11.8 Å². The number of amides is 2. The second-order valence-electron chi connectivity index (χ2n) is 5.13. The number of carbonyl (C=O) groups excluding carboxylic acids is 2. The van der Waals surface area contributed by atoms with E-state index in [1.165, 1.54) is 25.1 Å². The van der Waals surface area contributed by atoms with E-state index >= 15 is 0 Å². The predicted octanol–water partition coefficient (Wildman–Crippen LogP) is 3.39. The zero-order valence-electron chi connectivity index (χ0n) is 13.5. The molecule has 2 amide bonds. The van der Waals surface area contributed by atoms with Crippen LogP contribution in [0.25, 0.3) is 0 Å². The molecule has 0 aliphatic rings. The van der Waals surface area contributed by atoms with Gasteiger partial charge in [-0.1, -0.05) is 6.92 Å². The van der Waals surface area contributed by atoms with Crippen LogP contribution in [0.15, 0.2) is 18.2 Å². The fraction of sp³-hybridized carbons (Fsp3) is 0.500. The molecule has 0 unspecified atom stereocenters. The molecule has 0 spiro atoms. The van der Waals surface area contributed by atoms with Crippen LogP contribution in [0.2, 0.25) is 0 Å². The SMILES string of the molecule is CCSCC[C@@H](C)N(C)C(=O)c1ccc(F)c(NC(C)=O)c1. The second kappa shape index (κ2) is 8.78. The van der Waals surface area contributed by atoms with Gasteiger partial charge >= 0.3 is 0 Å². The van der Waals surface area contributed by atoms with E-state index in [1.54, 1.807) is 11.9 Å². The number of benzene rings is 1. The van der Waals surface area contributed by atoms with E-state index in [0.717, 1.165) is 17.9 Å². The molecule has 0 heterocycles. The third kappa shape index (κ3) is 5.33. The highest BCUT2D eigenvalue weighted by Gasteiger charge is 2.18. The topological polar surface area (TPSA) is 49.4 Å². The normalized spacial score (nSPS) is 11.9. The highest BCUT2D eigenvalue weighted by atomic mass is 32.2. The summed E-state index contributed by atoms with van der Waals surface area (Å²) in [5.41, 5.74) is 0.392. The second-order valence-corrected chi connectivity index (χ2v) is 6.52. The average Bonchev–Trinajstić information content (AvgIpc) is 2.47. The molecule has 0 saturated heterocycles. The first-order valence-corrected chi connectivity index (χ1v) is 8.44. The third-order valence-electron chi connectivity index (χ3n) is 3.39. The standard InChI is InChI=1S/C16H23FN2O2S/c1-5-22-9-8-11(2)19(4)16(21)13-6-7-14(17)15(10-13)18-12(3)20/h6-7,10-11H,5,8-9H2,1-4H3,(H,18,20)/t11-/m1/s1. The van der Waals surface area contributed by atoms with Gasteiger partial charge in [-0.05, 0) is 43.0 Å². The van der Waals surface area contributed by atoms with Crippen LogP contribution in [-0.2, 0) is 4.79 Å². The first-order valence-electron chi connectivity index (χ1n) is 7.28. The molecule has 1 aromatic rings. The molecule has 4 nitrogen and oxygen atoms in total. The smallest absolute Gasteiger partial charge is 0.253 e. The van der Waals surface area contributed by atoms with Gasteiger partial charge in [-0.15, -0.1) is 0 Å². The summed E-state index contributed by atoms with van der Waals surface area (Å²) < 4.78 is 13.6. The molecule has 1 atom stereocenters. The van der Waals surface area contributed by atoms with Crippen LogP contribution in [-0.4, -0.2) is 41.3 Å². The molecule has 122 valence electrons. The van der Waals surface area contributed by atoms with Crippen molar-refractivity contribution in [3.8, 4) is 0 Å². The molecule has 1 N–H and O–H groups in total. The van der Waals surface area contributed by atoms with Gasteiger partial charge in [0.05, 0.1) is 5.69 Å². The summed E-state index contributed by atoms with van der Waals surface area (Å²) in [6.45, 7) is 5.40. The summed E-state index contributed by atoms with van der Waals surface area (Å²) >= 11 is 1.84. The predicted molar refractivity (Wildman–Crippen MR) is 89.9 cm³/mol. The summed E-state index contributed by atoms with van der Waals surface area (Å²) in [5, 5.41) is 2.39. The van der Waals surface area contributed by atoms with Crippen molar-refractivity contribution in [3.05, 3.63) is 29.6 Å². The Bertz CT molecular complexity index is 537. The Morgan fingerprint density at radius 2 is 2.09 bits per heavy atom. The van der Waals surface area contributed by atoms with Gasteiger partial charge in [0.2, 0.25) is 5.91 Å². The first-order chi connectivity index (χ1) is 10.4. The van der Waals surface area contributed by atoms with Crippen molar-refractivity contribution in [1.29, 1.82) is 0 Å². The number of carbonyl (C=O) groups is 2. The minimum atomic E-state index is -0.554. The van der Waals surface area contributed by atoms with E-state index in [9.17, 15) is 14.0 Å². The van der Waals surface area contributed by atoms with Gasteiger partial charge in [0.1, 0.15) is 5.82 Å². The Hall–Kier alpha value is -1.56. The largest absolute Gasteiger partial charge is 0.339 e. The van der Waals surface area contributed by atoms with Crippen LogP contribution < -0.4 is 5.32 Å². The molecule has 22 heavy (non-hydrogen) atoms. The van der Waals surface area contributed by atoms with Crippen LogP contribution in [0.4, 0.5) is 10.1 Å². The maximum absolute atomic E-state index is 13.6. The highest BCUT2D eigenvalue weighted by Crippen LogP contribution is 2.18. The Morgan fingerprint density at radius 3 is 2.68 bits per heavy atom. The van der Waals surface area contributed by atoms with E-state index in [1.807, 2.05) is 18.7 Å². The van der Waals surface area contributed by atoms with Gasteiger partial charge in [0.25, 0.3) is 5.91 Å². The lowest BCUT2D eigenvalue weighted by Gasteiger charge is -2.25. The summed E-state index contributed by atoms with van der Waals surface area (Å²) in [4.78, 5) is 25.2. The monoisotopic (exact) mass is 326 g/mol. The Kier molecular flexibility index (Phi) is 7.38. The number of nitrogens with one attached hydrogen (secondary N) is 1. The molecule has 1 aromatic carbocycles. The van der Waals surface area contributed by atoms with Gasteiger partial charge < -0.3 is 10.2 Å². The van der Waals surface area contributed by atoms with Crippen molar-refractivity contribution in [2.75, 3.05) is 23.9 Å². The molecular formula is C16H23FN2O2S. The summed E-state index contributed by atoms with van der Waals surface area (Å²) in [5.74, 6) is 0.947. The lowest BCUT2D eigenvalue weighted by Crippen LogP contribution is -2.35. The lowest BCUT2D eigenvalue weighted by molar-refractivity contribution is -0.114. The van der Waals surface area contributed by atoms with Crippen molar-refractivity contribution in [1.82, 2.24) is 4.90 Å².